The van der Waals surface area contributed by atoms with Crippen LogP contribution in [-0.4, -0.2) is 27.9 Å². The molecule has 6 heteroatoms. The van der Waals surface area contributed by atoms with E-state index in [1.807, 2.05) is 42.5 Å². The molecule has 2 N–H and O–H groups in total. The molecule has 1 aliphatic rings. The fourth-order valence-corrected chi connectivity index (χ4v) is 3.83. The summed E-state index contributed by atoms with van der Waals surface area (Å²) >= 11 is 0. The maximum atomic E-state index is 12.3. The predicted molar refractivity (Wildman–Crippen MR) is 104 cm³/mol. The van der Waals surface area contributed by atoms with Crippen molar-refractivity contribution in [3.05, 3.63) is 71.1 Å². The molecule has 2 aromatic carbocycles. The molecule has 136 valence electrons. The quantitative estimate of drug-likeness (QED) is 0.586. The summed E-state index contributed by atoms with van der Waals surface area (Å²) in [6.07, 6.45) is 3.62. The summed E-state index contributed by atoms with van der Waals surface area (Å²) in [6.45, 7) is 2.02. The summed E-state index contributed by atoms with van der Waals surface area (Å²) in [5.74, 6) is 1.32. The third-order valence-electron chi connectivity index (χ3n) is 5.29. The van der Waals surface area contributed by atoms with Crippen molar-refractivity contribution in [3.8, 4) is 16.8 Å². The molecule has 0 saturated carbocycles. The maximum Gasteiger partial charge on any atom is 0.347 e. The fraction of sp³-hybridized carbons (Fsp3) is 0.238. The molecule has 3 heterocycles. The van der Waals surface area contributed by atoms with Gasteiger partial charge in [0.1, 0.15) is 11.4 Å². The average molecular weight is 360 g/mol. The van der Waals surface area contributed by atoms with Gasteiger partial charge in [-0.25, -0.2) is 14.5 Å². The number of aromatic nitrogens is 3. The van der Waals surface area contributed by atoms with E-state index in [0.717, 1.165) is 59.5 Å². The molecular formula is C21H20N4O2. The van der Waals surface area contributed by atoms with Gasteiger partial charge in [-0.1, -0.05) is 18.2 Å². The first-order chi connectivity index (χ1) is 13.3. The minimum Gasteiger partial charge on any atom is -0.464 e. The van der Waals surface area contributed by atoms with Crippen LogP contribution >= 0.6 is 0 Å². The van der Waals surface area contributed by atoms with Gasteiger partial charge in [0.15, 0.2) is 0 Å². The number of nitrogens with zero attached hydrogens (tertiary/aromatic N) is 2. The van der Waals surface area contributed by atoms with Crippen molar-refractivity contribution in [2.75, 3.05) is 13.1 Å². The van der Waals surface area contributed by atoms with Gasteiger partial charge in [0, 0.05) is 11.8 Å². The molecule has 0 unspecified atom stereocenters. The Morgan fingerprint density at radius 2 is 1.96 bits per heavy atom. The first kappa shape index (κ1) is 16.1. The number of aromatic amines is 1. The predicted octanol–water partition coefficient (Wildman–Crippen LogP) is 3.13. The van der Waals surface area contributed by atoms with E-state index in [4.69, 9.17) is 4.42 Å². The molecule has 1 atom stereocenters. The lowest BCUT2D eigenvalue weighted by atomic mass is 10.0. The van der Waals surface area contributed by atoms with Crippen LogP contribution < -0.4 is 11.0 Å². The van der Waals surface area contributed by atoms with Crippen molar-refractivity contribution in [2.24, 2.45) is 5.92 Å². The van der Waals surface area contributed by atoms with Crippen molar-refractivity contribution < 1.29 is 4.42 Å². The van der Waals surface area contributed by atoms with Crippen LogP contribution in [0.2, 0.25) is 0 Å². The number of benzene rings is 2. The molecule has 0 spiro atoms. The van der Waals surface area contributed by atoms with Crippen LogP contribution in [0.3, 0.4) is 0 Å². The Hall–Kier alpha value is -3.12. The zero-order chi connectivity index (χ0) is 18.2. The van der Waals surface area contributed by atoms with E-state index in [-0.39, 0.29) is 5.69 Å². The highest BCUT2D eigenvalue weighted by Crippen LogP contribution is 2.26. The molecule has 4 aromatic rings. The normalized spacial score (nSPS) is 17.0. The molecule has 0 bridgehead atoms. The summed E-state index contributed by atoms with van der Waals surface area (Å²) in [4.78, 5) is 12.3. The molecule has 5 rings (SSSR count). The number of fused-ring (bicyclic) bond motifs is 1. The van der Waals surface area contributed by atoms with Crippen molar-refractivity contribution in [3.63, 3.8) is 0 Å². The van der Waals surface area contributed by atoms with Crippen LogP contribution in [0.4, 0.5) is 0 Å². The molecule has 1 saturated heterocycles. The van der Waals surface area contributed by atoms with Gasteiger partial charge in [-0.3, -0.25) is 0 Å². The molecule has 27 heavy (non-hydrogen) atoms. The van der Waals surface area contributed by atoms with Crippen LogP contribution in [0.1, 0.15) is 12.2 Å². The summed E-state index contributed by atoms with van der Waals surface area (Å²) < 4.78 is 7.09. The molecule has 6 nitrogen and oxygen atoms in total. The van der Waals surface area contributed by atoms with Gasteiger partial charge in [-0.15, -0.1) is 0 Å². The third kappa shape index (κ3) is 2.98. The van der Waals surface area contributed by atoms with Crippen molar-refractivity contribution >= 4 is 11.0 Å². The molecule has 0 amide bonds. The Bertz CT molecular complexity index is 1130. The minimum absolute atomic E-state index is 0.191. The Labute approximate surface area is 155 Å². The number of furan rings is 1. The number of rotatable bonds is 4. The Kier molecular flexibility index (Phi) is 3.90. The third-order valence-corrected chi connectivity index (χ3v) is 5.29. The van der Waals surface area contributed by atoms with Gasteiger partial charge in [0.25, 0.3) is 0 Å². The summed E-state index contributed by atoms with van der Waals surface area (Å²) in [7, 11) is 0. The maximum absolute atomic E-state index is 12.3. The van der Waals surface area contributed by atoms with Crippen molar-refractivity contribution in [1.82, 2.24) is 20.1 Å². The van der Waals surface area contributed by atoms with E-state index in [1.54, 1.807) is 10.8 Å². The van der Waals surface area contributed by atoms with E-state index in [0.29, 0.717) is 5.92 Å². The monoisotopic (exact) mass is 360 g/mol. The Morgan fingerprint density at radius 1 is 1.11 bits per heavy atom. The molecule has 1 aliphatic heterocycles. The lowest BCUT2D eigenvalue weighted by Crippen LogP contribution is -2.19. The summed E-state index contributed by atoms with van der Waals surface area (Å²) in [6, 6.07) is 16.1. The van der Waals surface area contributed by atoms with Crippen LogP contribution in [-0.2, 0) is 6.42 Å². The van der Waals surface area contributed by atoms with Crippen LogP contribution in [0, 0.1) is 5.92 Å². The molecular weight excluding hydrogens is 340 g/mol. The number of H-pyrrole nitrogens is 1. The van der Waals surface area contributed by atoms with Crippen LogP contribution in [0.25, 0.3) is 27.8 Å². The van der Waals surface area contributed by atoms with Gasteiger partial charge >= 0.3 is 5.69 Å². The zero-order valence-corrected chi connectivity index (χ0v) is 14.8. The molecule has 0 aliphatic carbocycles. The molecule has 0 radical (unpaired) electrons. The highest BCUT2D eigenvalue weighted by molar-refractivity contribution is 5.83. The van der Waals surface area contributed by atoms with E-state index in [1.165, 1.54) is 0 Å². The second-order valence-corrected chi connectivity index (χ2v) is 7.06. The van der Waals surface area contributed by atoms with E-state index in [9.17, 15) is 4.79 Å². The smallest absolute Gasteiger partial charge is 0.347 e. The number of hydrogen-bond donors (Lipinski definition) is 2. The topological polar surface area (TPSA) is 75.8 Å². The Balaban J connectivity index is 1.46. The van der Waals surface area contributed by atoms with Crippen molar-refractivity contribution in [2.45, 2.75) is 12.8 Å². The van der Waals surface area contributed by atoms with Gasteiger partial charge < -0.3 is 9.73 Å². The lowest BCUT2D eigenvalue weighted by Gasteiger charge is -2.10. The number of hydrogen-bond acceptors (Lipinski definition) is 4. The second kappa shape index (κ2) is 6.55. The van der Waals surface area contributed by atoms with Crippen molar-refractivity contribution in [1.29, 1.82) is 0 Å². The first-order valence-electron chi connectivity index (χ1n) is 9.23. The Morgan fingerprint density at radius 3 is 2.78 bits per heavy atom. The minimum atomic E-state index is -0.191. The summed E-state index contributed by atoms with van der Waals surface area (Å²) in [5.41, 5.74) is 3.74. The van der Waals surface area contributed by atoms with Crippen LogP contribution in [0.15, 0.2) is 64.0 Å². The zero-order valence-electron chi connectivity index (χ0n) is 14.8. The van der Waals surface area contributed by atoms with Gasteiger partial charge in [-0.05, 0) is 66.9 Å². The second-order valence-electron chi connectivity index (χ2n) is 7.06. The van der Waals surface area contributed by atoms with Crippen LogP contribution in [0.5, 0.6) is 0 Å². The van der Waals surface area contributed by atoms with E-state index >= 15 is 0 Å². The fourth-order valence-electron chi connectivity index (χ4n) is 3.83. The van der Waals surface area contributed by atoms with Gasteiger partial charge in [0.2, 0.25) is 0 Å². The highest BCUT2D eigenvalue weighted by atomic mass is 16.3. The van der Waals surface area contributed by atoms with E-state index in [2.05, 4.69) is 21.6 Å². The summed E-state index contributed by atoms with van der Waals surface area (Å²) in [5, 5.41) is 11.3. The molecule has 2 aromatic heterocycles. The largest absolute Gasteiger partial charge is 0.464 e. The van der Waals surface area contributed by atoms with Gasteiger partial charge in [-0.2, -0.15) is 5.10 Å². The highest BCUT2D eigenvalue weighted by Gasteiger charge is 2.19. The SMILES string of the molecule is O=c1[nH]nc(C[C@@H]2CCNC2)n1-c1ccc(-c2ccc3occc3c2)cc1. The molecule has 1 fully saturated rings. The van der Waals surface area contributed by atoms with Gasteiger partial charge in [0.05, 0.1) is 12.0 Å². The average Bonchev–Trinajstić information content (AvgIpc) is 3.43. The van der Waals surface area contributed by atoms with E-state index < -0.39 is 0 Å². The lowest BCUT2D eigenvalue weighted by molar-refractivity contribution is 0.555. The standard InChI is InChI=1S/C21H20N4O2/c26-21-24-23-20(11-14-7-9-22-13-14)25(21)18-4-1-15(2-5-18)16-3-6-19-17(12-16)8-10-27-19/h1-6,8,10,12,14,22H,7,9,11,13H2,(H,24,26)/t14-/m0/s1. The first-order valence-corrected chi connectivity index (χ1v) is 9.23. The number of nitrogens with one attached hydrogen (secondary N) is 2.